The highest BCUT2D eigenvalue weighted by Crippen LogP contribution is 2.45. The van der Waals surface area contributed by atoms with Gasteiger partial charge < -0.3 is 14.6 Å². The minimum Gasteiger partial charge on any atom is -0.492 e. The lowest BCUT2D eigenvalue weighted by Gasteiger charge is -2.19. The summed E-state index contributed by atoms with van der Waals surface area (Å²) < 4.78 is 27.4. The molecule has 0 fully saturated rings. The highest BCUT2D eigenvalue weighted by atomic mass is 19.1. The average Bonchev–Trinajstić information content (AvgIpc) is 3.49. The number of aliphatic carboxylic acids is 1. The molecule has 0 amide bonds. The molecule has 0 bridgehead atoms. The summed E-state index contributed by atoms with van der Waals surface area (Å²) in [7, 11) is 0. The zero-order valence-corrected chi connectivity index (χ0v) is 22.3. The smallest absolute Gasteiger partial charge is 0.304 e. The molecule has 1 aromatic heterocycles. The van der Waals surface area contributed by atoms with Gasteiger partial charge in [0.1, 0.15) is 23.4 Å². The van der Waals surface area contributed by atoms with Crippen molar-refractivity contribution in [2.75, 3.05) is 6.61 Å². The summed E-state index contributed by atoms with van der Waals surface area (Å²) in [5.41, 5.74) is 10.2. The van der Waals surface area contributed by atoms with Crippen LogP contribution in [0.1, 0.15) is 58.4 Å². The standard InChI is InChI=1S/C33H30FNO4/c1-18-12-22(21-10-11-35-20(3)14-21)13-19(2)32(18)26-6-8-28(34)33-27(26)7-9-29(33)39-24-4-5-25-23(15-31(36)37)17-38-30(25)16-24/h4-6,8,10-14,16,23,29H,7,9,15,17H2,1-3H3,(H,36,37)/t23?,29-/m1/s1. The summed E-state index contributed by atoms with van der Waals surface area (Å²) in [6, 6.07) is 17.4. The van der Waals surface area contributed by atoms with Crippen molar-refractivity contribution in [1.29, 1.82) is 0 Å². The minimum atomic E-state index is -0.849. The number of pyridine rings is 1. The number of carboxylic acid groups (broad SMARTS) is 1. The molecule has 0 saturated carbocycles. The Hall–Kier alpha value is -4.19. The molecule has 3 aromatic carbocycles. The number of ether oxygens (including phenoxy) is 2. The number of rotatable bonds is 6. The van der Waals surface area contributed by atoms with Crippen LogP contribution in [0, 0.1) is 26.6 Å². The van der Waals surface area contributed by atoms with E-state index in [0.29, 0.717) is 30.1 Å². The van der Waals surface area contributed by atoms with Crippen molar-refractivity contribution in [2.24, 2.45) is 0 Å². The second-order valence-electron chi connectivity index (χ2n) is 10.6. The Balaban J connectivity index is 1.31. The van der Waals surface area contributed by atoms with Gasteiger partial charge in [-0.2, -0.15) is 0 Å². The molecule has 0 spiro atoms. The second kappa shape index (κ2) is 9.84. The molecule has 2 atom stereocenters. The largest absolute Gasteiger partial charge is 0.492 e. The van der Waals surface area contributed by atoms with Gasteiger partial charge >= 0.3 is 5.97 Å². The molecule has 6 heteroatoms. The lowest BCUT2D eigenvalue weighted by Crippen LogP contribution is -2.07. The molecule has 1 unspecified atom stereocenters. The van der Waals surface area contributed by atoms with Crippen molar-refractivity contribution in [2.45, 2.75) is 52.1 Å². The van der Waals surface area contributed by atoms with Crippen LogP contribution in [-0.2, 0) is 11.2 Å². The molecule has 39 heavy (non-hydrogen) atoms. The van der Waals surface area contributed by atoms with Gasteiger partial charge in [-0.1, -0.05) is 24.3 Å². The summed E-state index contributed by atoms with van der Waals surface area (Å²) >= 11 is 0. The number of carbonyl (C=O) groups is 1. The first-order chi connectivity index (χ1) is 18.8. The normalized spacial score (nSPS) is 17.4. The van der Waals surface area contributed by atoms with Crippen LogP contribution in [0.5, 0.6) is 11.5 Å². The SMILES string of the molecule is Cc1cc(-c2cc(C)c(-c3ccc(F)c4c3CC[C@H]4Oc3ccc4c(c3)OCC4CC(=O)O)c(C)c2)ccn1. The molecular formula is C33H30FNO4. The van der Waals surface area contributed by atoms with E-state index >= 15 is 4.39 Å². The fraction of sp³-hybridized carbons (Fsp3) is 0.273. The Morgan fingerprint density at radius 1 is 1.05 bits per heavy atom. The molecule has 2 aliphatic rings. The Morgan fingerprint density at radius 3 is 2.59 bits per heavy atom. The fourth-order valence-corrected chi connectivity index (χ4v) is 6.18. The predicted molar refractivity (Wildman–Crippen MR) is 148 cm³/mol. The van der Waals surface area contributed by atoms with E-state index in [0.717, 1.165) is 56.6 Å². The quantitative estimate of drug-likeness (QED) is 0.283. The van der Waals surface area contributed by atoms with Crippen LogP contribution in [0.25, 0.3) is 22.3 Å². The van der Waals surface area contributed by atoms with E-state index in [2.05, 4.69) is 37.0 Å². The summed E-state index contributed by atoms with van der Waals surface area (Å²) in [5, 5.41) is 9.16. The number of fused-ring (bicyclic) bond motifs is 2. The van der Waals surface area contributed by atoms with Crippen molar-refractivity contribution in [1.82, 2.24) is 4.98 Å². The first-order valence-electron chi connectivity index (χ1n) is 13.3. The highest BCUT2D eigenvalue weighted by Gasteiger charge is 2.32. The van der Waals surface area contributed by atoms with E-state index in [4.69, 9.17) is 14.6 Å². The molecular weight excluding hydrogens is 493 g/mol. The maximum atomic E-state index is 15.3. The van der Waals surface area contributed by atoms with Crippen molar-refractivity contribution in [3.05, 3.63) is 100 Å². The number of halogens is 1. The maximum absolute atomic E-state index is 15.3. The molecule has 4 aromatic rings. The second-order valence-corrected chi connectivity index (χ2v) is 10.6. The number of carboxylic acids is 1. The van der Waals surface area contributed by atoms with Crippen molar-refractivity contribution < 1.29 is 23.8 Å². The van der Waals surface area contributed by atoms with Crippen LogP contribution in [-0.4, -0.2) is 22.7 Å². The first kappa shape index (κ1) is 25.1. The molecule has 1 aliphatic carbocycles. The number of aryl methyl sites for hydroxylation is 3. The van der Waals surface area contributed by atoms with E-state index in [1.165, 1.54) is 0 Å². The monoisotopic (exact) mass is 523 g/mol. The lowest BCUT2D eigenvalue weighted by atomic mass is 9.88. The van der Waals surface area contributed by atoms with Crippen LogP contribution in [0.15, 0.2) is 60.8 Å². The Labute approximate surface area is 227 Å². The van der Waals surface area contributed by atoms with Gasteiger partial charge in [0, 0.05) is 35.0 Å². The number of nitrogens with zero attached hydrogens (tertiary/aromatic N) is 1. The molecule has 5 nitrogen and oxygen atoms in total. The van der Waals surface area contributed by atoms with Gasteiger partial charge in [0.15, 0.2) is 0 Å². The molecule has 0 saturated heterocycles. The van der Waals surface area contributed by atoms with E-state index in [-0.39, 0.29) is 18.2 Å². The van der Waals surface area contributed by atoms with E-state index in [9.17, 15) is 4.79 Å². The van der Waals surface area contributed by atoms with Crippen LogP contribution in [0.4, 0.5) is 4.39 Å². The maximum Gasteiger partial charge on any atom is 0.304 e. The average molecular weight is 524 g/mol. The minimum absolute atomic E-state index is 0.0270. The van der Waals surface area contributed by atoms with E-state index in [1.54, 1.807) is 12.1 Å². The van der Waals surface area contributed by atoms with Gasteiger partial charge in [0.25, 0.3) is 0 Å². The van der Waals surface area contributed by atoms with Crippen LogP contribution in [0.2, 0.25) is 0 Å². The molecule has 198 valence electrons. The molecule has 2 heterocycles. The summed E-state index contributed by atoms with van der Waals surface area (Å²) in [6.07, 6.45) is 2.85. The predicted octanol–water partition coefficient (Wildman–Crippen LogP) is 7.50. The number of benzene rings is 3. The molecule has 6 rings (SSSR count). The van der Waals surface area contributed by atoms with Crippen LogP contribution >= 0.6 is 0 Å². The first-order valence-corrected chi connectivity index (χ1v) is 13.3. The molecule has 0 radical (unpaired) electrons. The summed E-state index contributed by atoms with van der Waals surface area (Å²) in [5.74, 6) is -0.0366. The zero-order valence-electron chi connectivity index (χ0n) is 22.3. The van der Waals surface area contributed by atoms with Gasteiger partial charge in [-0.15, -0.1) is 0 Å². The topological polar surface area (TPSA) is 68.7 Å². The number of hydrogen-bond donors (Lipinski definition) is 1. The zero-order chi connectivity index (χ0) is 27.3. The Morgan fingerprint density at radius 2 is 1.85 bits per heavy atom. The van der Waals surface area contributed by atoms with Crippen LogP contribution in [0.3, 0.4) is 0 Å². The van der Waals surface area contributed by atoms with Gasteiger partial charge in [-0.05, 0) is 96.8 Å². The lowest BCUT2D eigenvalue weighted by molar-refractivity contribution is -0.137. The number of hydrogen-bond acceptors (Lipinski definition) is 4. The van der Waals surface area contributed by atoms with Gasteiger partial charge in [0.05, 0.1) is 13.0 Å². The summed E-state index contributed by atoms with van der Waals surface area (Å²) in [6.45, 7) is 6.55. The fourth-order valence-electron chi connectivity index (χ4n) is 6.18. The van der Waals surface area contributed by atoms with Gasteiger partial charge in [0.2, 0.25) is 0 Å². The molecule has 1 N–H and O–H groups in total. The summed E-state index contributed by atoms with van der Waals surface area (Å²) in [4.78, 5) is 15.5. The highest BCUT2D eigenvalue weighted by molar-refractivity contribution is 5.79. The van der Waals surface area contributed by atoms with Gasteiger partial charge in [-0.25, -0.2) is 4.39 Å². The number of aromatic nitrogens is 1. The van der Waals surface area contributed by atoms with Crippen LogP contribution < -0.4 is 9.47 Å². The third-order valence-corrected chi connectivity index (χ3v) is 7.88. The third-order valence-electron chi connectivity index (χ3n) is 7.88. The molecule has 1 aliphatic heterocycles. The van der Waals surface area contributed by atoms with E-state index < -0.39 is 12.1 Å². The Bertz CT molecular complexity index is 1590. The third kappa shape index (κ3) is 4.65. The van der Waals surface area contributed by atoms with Crippen molar-refractivity contribution in [3.8, 4) is 33.8 Å². The van der Waals surface area contributed by atoms with E-state index in [1.807, 2.05) is 37.4 Å². The van der Waals surface area contributed by atoms with Crippen molar-refractivity contribution in [3.63, 3.8) is 0 Å². The van der Waals surface area contributed by atoms with Gasteiger partial charge in [-0.3, -0.25) is 9.78 Å². The Kier molecular flexibility index (Phi) is 6.34. The van der Waals surface area contributed by atoms with Crippen molar-refractivity contribution >= 4 is 5.97 Å².